The van der Waals surface area contributed by atoms with E-state index < -0.39 is 20.8 Å². The lowest BCUT2D eigenvalue weighted by Gasteiger charge is -2.07. The third-order valence-electron chi connectivity index (χ3n) is 2.15. The number of sulfonamides is 1. The molecule has 1 rings (SSSR count). The van der Waals surface area contributed by atoms with Gasteiger partial charge in [0.05, 0.1) is 10.7 Å². The molecule has 0 aromatic heterocycles. The lowest BCUT2D eigenvalue weighted by molar-refractivity contribution is -0.384. The maximum Gasteiger partial charge on any atom is 0.292 e. The van der Waals surface area contributed by atoms with Gasteiger partial charge in [-0.3, -0.25) is 10.1 Å². The largest absolute Gasteiger partial charge is 0.378 e. The van der Waals surface area contributed by atoms with Gasteiger partial charge in [-0.15, -0.1) is 0 Å². The summed E-state index contributed by atoms with van der Waals surface area (Å²) in [6, 6.07) is 2.93. The van der Waals surface area contributed by atoms with Crippen LogP contribution in [0.4, 0.5) is 15.8 Å². The molecular weight excluding hydrogens is 265 g/mol. The van der Waals surface area contributed by atoms with Crippen molar-refractivity contribution in [2.75, 3.05) is 24.7 Å². The van der Waals surface area contributed by atoms with Gasteiger partial charge in [0.2, 0.25) is 10.0 Å². The highest BCUT2D eigenvalue weighted by Gasteiger charge is 2.15. The van der Waals surface area contributed by atoms with Crippen molar-refractivity contribution >= 4 is 21.4 Å². The molecule has 0 saturated heterocycles. The summed E-state index contributed by atoms with van der Waals surface area (Å²) in [4.78, 5) is 9.99. The van der Waals surface area contributed by atoms with E-state index in [4.69, 9.17) is 0 Å². The third-order valence-corrected chi connectivity index (χ3v) is 3.52. The van der Waals surface area contributed by atoms with Crippen molar-refractivity contribution in [3.63, 3.8) is 0 Å². The Kier molecular flexibility index (Phi) is 4.56. The summed E-state index contributed by atoms with van der Waals surface area (Å²) in [6.45, 7) is -0.0620. The Bertz CT molecular complexity index is 547. The molecule has 0 saturated carbocycles. The van der Waals surface area contributed by atoms with Gasteiger partial charge >= 0.3 is 0 Å². The van der Waals surface area contributed by atoms with Crippen LogP contribution in [0.5, 0.6) is 0 Å². The van der Waals surface area contributed by atoms with Gasteiger partial charge in [-0.1, -0.05) is 0 Å². The zero-order chi connectivity index (χ0) is 13.8. The summed E-state index contributed by atoms with van der Waals surface area (Å²) in [5.41, 5.74) is -0.357. The highest BCUT2D eigenvalue weighted by atomic mass is 32.2. The summed E-state index contributed by atoms with van der Waals surface area (Å²) >= 11 is 0. The average Bonchev–Trinajstić information content (AvgIpc) is 2.28. The fourth-order valence-corrected chi connectivity index (χ4v) is 1.81. The molecule has 1 aromatic carbocycles. The molecule has 1 aromatic rings. The zero-order valence-corrected chi connectivity index (χ0v) is 10.3. The van der Waals surface area contributed by atoms with Gasteiger partial charge in [0.15, 0.2) is 0 Å². The molecule has 0 fully saturated rings. The van der Waals surface area contributed by atoms with Gasteiger partial charge in [-0.05, 0) is 13.1 Å². The lowest BCUT2D eigenvalue weighted by atomic mass is 10.2. The fraction of sp³-hybridized carbons (Fsp3) is 0.333. The number of nitro benzene ring substituents is 1. The van der Waals surface area contributed by atoms with Crippen molar-refractivity contribution in [3.8, 4) is 0 Å². The fourth-order valence-electron chi connectivity index (χ4n) is 1.23. The normalized spacial score (nSPS) is 11.2. The molecule has 0 aliphatic heterocycles. The van der Waals surface area contributed by atoms with Gasteiger partial charge in [-0.2, -0.15) is 0 Å². The van der Waals surface area contributed by atoms with Crippen LogP contribution in [-0.2, 0) is 10.0 Å². The maximum absolute atomic E-state index is 12.9. The molecule has 0 unspecified atom stereocenters. The summed E-state index contributed by atoms with van der Waals surface area (Å²) < 4.78 is 37.3. The smallest absolute Gasteiger partial charge is 0.292 e. The second-order valence-electron chi connectivity index (χ2n) is 3.37. The van der Waals surface area contributed by atoms with Crippen molar-refractivity contribution in [3.05, 3.63) is 34.1 Å². The van der Waals surface area contributed by atoms with Crippen LogP contribution in [0.15, 0.2) is 18.2 Å². The first kappa shape index (κ1) is 14.3. The van der Waals surface area contributed by atoms with E-state index in [1.54, 1.807) is 0 Å². The van der Waals surface area contributed by atoms with Crippen LogP contribution >= 0.6 is 0 Å². The average molecular weight is 277 g/mol. The molecule has 7 nitrogen and oxygen atoms in total. The molecule has 9 heteroatoms. The molecule has 0 bridgehead atoms. The molecule has 0 aliphatic rings. The van der Waals surface area contributed by atoms with Crippen molar-refractivity contribution in [1.29, 1.82) is 0 Å². The van der Waals surface area contributed by atoms with Crippen molar-refractivity contribution in [2.45, 2.75) is 0 Å². The van der Waals surface area contributed by atoms with Gasteiger partial charge < -0.3 is 5.32 Å². The first-order valence-electron chi connectivity index (χ1n) is 4.95. The minimum absolute atomic E-state index is 0.0497. The molecule has 0 amide bonds. The number of hydrogen-bond acceptors (Lipinski definition) is 5. The second kappa shape index (κ2) is 5.74. The van der Waals surface area contributed by atoms with E-state index in [0.29, 0.717) is 0 Å². The van der Waals surface area contributed by atoms with E-state index in [0.717, 1.165) is 18.2 Å². The summed E-state index contributed by atoms with van der Waals surface area (Å²) in [5, 5.41) is 13.2. The SMILES string of the molecule is CNS(=O)(=O)CCNc1cc(F)ccc1[N+](=O)[O-]. The Labute approximate surface area is 103 Å². The van der Waals surface area contributed by atoms with Gasteiger partial charge in [0.1, 0.15) is 11.5 Å². The zero-order valence-electron chi connectivity index (χ0n) is 9.51. The number of anilines is 1. The quantitative estimate of drug-likeness (QED) is 0.588. The van der Waals surface area contributed by atoms with Crippen molar-refractivity contribution in [2.24, 2.45) is 0 Å². The molecule has 0 aliphatic carbocycles. The van der Waals surface area contributed by atoms with Crippen LogP contribution in [0.3, 0.4) is 0 Å². The highest BCUT2D eigenvalue weighted by molar-refractivity contribution is 7.89. The van der Waals surface area contributed by atoms with E-state index in [1.165, 1.54) is 7.05 Å². The Balaban J connectivity index is 2.78. The molecule has 2 N–H and O–H groups in total. The summed E-state index contributed by atoms with van der Waals surface area (Å²) in [5.74, 6) is -0.906. The number of benzene rings is 1. The van der Waals surface area contributed by atoms with Crippen molar-refractivity contribution in [1.82, 2.24) is 4.72 Å². The van der Waals surface area contributed by atoms with Crippen LogP contribution in [0.2, 0.25) is 0 Å². The minimum atomic E-state index is -3.41. The third kappa shape index (κ3) is 3.93. The number of rotatable bonds is 6. The Morgan fingerprint density at radius 3 is 2.67 bits per heavy atom. The summed E-state index contributed by atoms with van der Waals surface area (Å²) in [6.07, 6.45) is 0. The van der Waals surface area contributed by atoms with Crippen LogP contribution < -0.4 is 10.0 Å². The van der Waals surface area contributed by atoms with Gasteiger partial charge in [0.25, 0.3) is 5.69 Å². The van der Waals surface area contributed by atoms with E-state index in [-0.39, 0.29) is 23.7 Å². The monoisotopic (exact) mass is 277 g/mol. The van der Waals surface area contributed by atoms with Crippen molar-refractivity contribution < 1.29 is 17.7 Å². The van der Waals surface area contributed by atoms with E-state index in [2.05, 4.69) is 10.0 Å². The van der Waals surface area contributed by atoms with Gasteiger partial charge in [-0.25, -0.2) is 17.5 Å². The van der Waals surface area contributed by atoms with Crippen LogP contribution in [0, 0.1) is 15.9 Å². The predicted octanol–water partition coefficient (Wildman–Crippen LogP) is 0.695. The van der Waals surface area contributed by atoms with Gasteiger partial charge in [0, 0.05) is 18.7 Å². The molecule has 18 heavy (non-hydrogen) atoms. The predicted molar refractivity (Wildman–Crippen MR) is 64.4 cm³/mol. The van der Waals surface area contributed by atoms with Crippen LogP contribution in [0.25, 0.3) is 0 Å². The standard InChI is InChI=1S/C9H12FN3O4S/c1-11-18(16,17)5-4-12-8-6-7(10)2-3-9(8)13(14)15/h2-3,6,11-12H,4-5H2,1H3. The second-order valence-corrected chi connectivity index (χ2v) is 5.41. The number of nitrogens with zero attached hydrogens (tertiary/aromatic N) is 1. The lowest BCUT2D eigenvalue weighted by Crippen LogP contribution is -2.26. The molecule has 0 atom stereocenters. The number of halogens is 1. The number of hydrogen-bond donors (Lipinski definition) is 2. The highest BCUT2D eigenvalue weighted by Crippen LogP contribution is 2.24. The Morgan fingerprint density at radius 1 is 1.44 bits per heavy atom. The maximum atomic E-state index is 12.9. The van der Waals surface area contributed by atoms with Crippen LogP contribution in [-0.4, -0.2) is 32.7 Å². The number of nitrogens with one attached hydrogen (secondary N) is 2. The molecule has 0 heterocycles. The topological polar surface area (TPSA) is 101 Å². The Morgan fingerprint density at radius 2 is 2.11 bits per heavy atom. The Hall–Kier alpha value is -1.74. The molecule has 0 spiro atoms. The molecule has 0 radical (unpaired) electrons. The first-order valence-corrected chi connectivity index (χ1v) is 6.60. The minimum Gasteiger partial charge on any atom is -0.378 e. The molecular formula is C9H12FN3O4S. The van der Waals surface area contributed by atoms with Crippen LogP contribution in [0.1, 0.15) is 0 Å². The first-order chi connectivity index (χ1) is 8.35. The van der Waals surface area contributed by atoms with E-state index >= 15 is 0 Å². The van der Waals surface area contributed by atoms with E-state index in [9.17, 15) is 22.9 Å². The van der Waals surface area contributed by atoms with E-state index in [1.807, 2.05) is 0 Å². The number of nitro groups is 1. The molecule has 100 valence electrons. The summed E-state index contributed by atoms with van der Waals surface area (Å²) in [7, 11) is -2.15.